The Kier molecular flexibility index (Phi) is 7.32. The minimum Gasteiger partial charge on any atom is -0.355 e. The number of carbonyl (C=O) groups excluding carboxylic acids is 2. The Morgan fingerprint density at radius 3 is 2.63 bits per heavy atom. The van der Waals surface area contributed by atoms with Crippen LogP contribution >= 0.6 is 0 Å². The van der Waals surface area contributed by atoms with Crippen LogP contribution in [-0.2, 0) is 19.4 Å². The lowest BCUT2D eigenvalue weighted by atomic mass is 9.96. The molecule has 0 spiro atoms. The third-order valence-electron chi connectivity index (χ3n) is 4.61. The van der Waals surface area contributed by atoms with E-state index < -0.39 is 21.6 Å². The largest absolute Gasteiger partial charge is 0.355 e. The maximum atomic E-state index is 13.0. The van der Waals surface area contributed by atoms with E-state index in [0.29, 0.717) is 32.5 Å². The Bertz CT molecular complexity index is 767. The van der Waals surface area contributed by atoms with Crippen LogP contribution in [0.3, 0.4) is 0 Å². The number of carbonyl (C=O) groups is 2. The van der Waals surface area contributed by atoms with Crippen LogP contribution in [0.4, 0.5) is 4.39 Å². The van der Waals surface area contributed by atoms with Gasteiger partial charge in [0, 0.05) is 32.1 Å². The van der Waals surface area contributed by atoms with E-state index in [1.54, 1.807) is 11.8 Å². The molecule has 1 aromatic carbocycles. The van der Waals surface area contributed by atoms with Crippen LogP contribution in [0.5, 0.6) is 0 Å². The molecule has 1 saturated heterocycles. The summed E-state index contributed by atoms with van der Waals surface area (Å²) in [5.74, 6) is -2.38. The van der Waals surface area contributed by atoms with Gasteiger partial charge in [0.1, 0.15) is 5.82 Å². The summed E-state index contributed by atoms with van der Waals surface area (Å²) in [4.78, 5) is 26.3. The second-order valence-corrected chi connectivity index (χ2v) is 8.87. The molecule has 0 saturated carbocycles. The highest BCUT2D eigenvalue weighted by Gasteiger charge is 2.32. The van der Waals surface area contributed by atoms with E-state index in [0.717, 1.165) is 12.1 Å². The molecule has 0 bridgehead atoms. The Labute approximate surface area is 159 Å². The van der Waals surface area contributed by atoms with Gasteiger partial charge in [-0.1, -0.05) is 6.92 Å². The molecule has 2 amide bonds. The number of hydrogen-bond acceptors (Lipinski definition) is 5. The number of halogens is 1. The van der Waals surface area contributed by atoms with E-state index in [2.05, 4.69) is 5.32 Å². The quantitative estimate of drug-likeness (QED) is 0.651. The first-order valence-electron chi connectivity index (χ1n) is 8.99. The fraction of sp³-hybridized carbons (Fsp3) is 0.556. The number of sulfone groups is 1. The van der Waals surface area contributed by atoms with E-state index in [-0.39, 0.29) is 34.9 Å². The standard InChI is InChI=1S/C18H26FN3O4S/c1-13(12-27(25,26)16-6-4-15(19)5-7-16)18(24)22-10-2-3-14(11-22)17(23)21-9-8-20/h4-7,13-14H,2-3,8-12,20H2,1H3,(H,21,23). The molecule has 2 unspecified atom stereocenters. The van der Waals surface area contributed by atoms with E-state index >= 15 is 0 Å². The van der Waals surface area contributed by atoms with Gasteiger partial charge in [-0.25, -0.2) is 12.8 Å². The van der Waals surface area contributed by atoms with Gasteiger partial charge in [-0.15, -0.1) is 0 Å². The zero-order valence-corrected chi connectivity index (χ0v) is 16.2. The number of piperidine rings is 1. The molecule has 3 N–H and O–H groups in total. The third-order valence-corrected chi connectivity index (χ3v) is 6.54. The highest BCUT2D eigenvalue weighted by Crippen LogP contribution is 2.21. The molecule has 2 rings (SSSR count). The van der Waals surface area contributed by atoms with Gasteiger partial charge in [0.15, 0.2) is 9.84 Å². The number of likely N-dealkylation sites (tertiary alicyclic amines) is 1. The van der Waals surface area contributed by atoms with E-state index in [1.165, 1.54) is 12.1 Å². The zero-order chi connectivity index (χ0) is 20.0. The summed E-state index contributed by atoms with van der Waals surface area (Å²) < 4.78 is 37.9. The number of nitrogens with two attached hydrogens (primary N) is 1. The van der Waals surface area contributed by atoms with Crippen LogP contribution < -0.4 is 11.1 Å². The predicted molar refractivity (Wildman–Crippen MR) is 99.0 cm³/mol. The molecule has 1 aliphatic heterocycles. The molecule has 7 nitrogen and oxygen atoms in total. The fourth-order valence-corrected chi connectivity index (χ4v) is 4.73. The molecule has 1 fully saturated rings. The predicted octanol–water partition coefficient (Wildman–Crippen LogP) is 0.549. The number of benzene rings is 1. The molecule has 27 heavy (non-hydrogen) atoms. The van der Waals surface area contributed by atoms with Gasteiger partial charge in [-0.3, -0.25) is 9.59 Å². The first-order chi connectivity index (χ1) is 12.7. The van der Waals surface area contributed by atoms with Crippen LogP contribution in [-0.4, -0.2) is 57.1 Å². The molecule has 150 valence electrons. The highest BCUT2D eigenvalue weighted by atomic mass is 32.2. The SMILES string of the molecule is CC(CS(=O)(=O)c1ccc(F)cc1)C(=O)N1CCCC(C(=O)NCCN)C1. The molecule has 0 aromatic heterocycles. The Balaban J connectivity index is 1.99. The second kappa shape index (κ2) is 9.27. The number of nitrogens with one attached hydrogen (secondary N) is 1. The van der Waals surface area contributed by atoms with Crippen LogP contribution in [0.1, 0.15) is 19.8 Å². The van der Waals surface area contributed by atoms with Crippen LogP contribution in [0, 0.1) is 17.7 Å². The summed E-state index contributed by atoms with van der Waals surface area (Å²) in [6.45, 7) is 3.06. The van der Waals surface area contributed by atoms with E-state index in [1.807, 2.05) is 0 Å². The number of amides is 2. The van der Waals surface area contributed by atoms with Crippen LogP contribution in [0.15, 0.2) is 29.2 Å². The molecule has 1 aromatic rings. The summed E-state index contributed by atoms with van der Waals surface area (Å²) in [7, 11) is -3.71. The third kappa shape index (κ3) is 5.74. The van der Waals surface area contributed by atoms with E-state index in [4.69, 9.17) is 5.73 Å². The van der Waals surface area contributed by atoms with Gasteiger partial charge in [0.2, 0.25) is 11.8 Å². The fourth-order valence-electron chi connectivity index (χ4n) is 3.18. The lowest BCUT2D eigenvalue weighted by Crippen LogP contribution is -2.48. The summed E-state index contributed by atoms with van der Waals surface area (Å²) in [6.07, 6.45) is 1.37. The summed E-state index contributed by atoms with van der Waals surface area (Å²) in [6, 6.07) is 4.55. The van der Waals surface area contributed by atoms with E-state index in [9.17, 15) is 22.4 Å². The maximum absolute atomic E-state index is 13.0. The summed E-state index contributed by atoms with van der Waals surface area (Å²) in [5, 5.41) is 2.73. The van der Waals surface area contributed by atoms with Crippen molar-refractivity contribution in [2.45, 2.75) is 24.7 Å². The maximum Gasteiger partial charge on any atom is 0.226 e. The van der Waals surface area contributed by atoms with Crippen LogP contribution in [0.25, 0.3) is 0 Å². The first-order valence-corrected chi connectivity index (χ1v) is 10.6. The molecule has 0 radical (unpaired) electrons. The monoisotopic (exact) mass is 399 g/mol. The van der Waals surface area contributed by atoms with Crippen LogP contribution in [0.2, 0.25) is 0 Å². The van der Waals surface area contributed by atoms with Crippen molar-refractivity contribution in [2.75, 3.05) is 31.9 Å². The smallest absolute Gasteiger partial charge is 0.226 e. The summed E-state index contributed by atoms with van der Waals surface area (Å²) in [5.41, 5.74) is 5.38. The molecule has 1 heterocycles. The molecule has 1 aliphatic rings. The summed E-state index contributed by atoms with van der Waals surface area (Å²) >= 11 is 0. The Morgan fingerprint density at radius 1 is 1.33 bits per heavy atom. The number of rotatable bonds is 7. The number of nitrogens with zero attached hydrogens (tertiary/aromatic N) is 1. The minimum absolute atomic E-state index is 0.0127. The van der Waals surface area contributed by atoms with Crippen molar-refractivity contribution < 1.29 is 22.4 Å². The normalized spacial score (nSPS) is 18.8. The van der Waals surface area contributed by atoms with Crippen molar-refractivity contribution in [1.82, 2.24) is 10.2 Å². The molecular weight excluding hydrogens is 373 g/mol. The average Bonchev–Trinajstić information content (AvgIpc) is 2.65. The van der Waals surface area contributed by atoms with Gasteiger partial charge in [-0.2, -0.15) is 0 Å². The van der Waals surface area contributed by atoms with Crippen molar-refractivity contribution in [3.63, 3.8) is 0 Å². The number of hydrogen-bond donors (Lipinski definition) is 2. The van der Waals surface area contributed by atoms with Crippen molar-refractivity contribution >= 4 is 21.7 Å². The molecule has 2 atom stereocenters. The van der Waals surface area contributed by atoms with Crippen molar-refractivity contribution in [3.05, 3.63) is 30.1 Å². The van der Waals surface area contributed by atoms with Gasteiger partial charge in [0.05, 0.1) is 16.6 Å². The highest BCUT2D eigenvalue weighted by molar-refractivity contribution is 7.91. The molecule has 0 aliphatic carbocycles. The molecule has 9 heteroatoms. The lowest BCUT2D eigenvalue weighted by molar-refractivity contribution is -0.138. The molecular formula is C18H26FN3O4S. The Hall–Kier alpha value is -2.00. The van der Waals surface area contributed by atoms with Crippen molar-refractivity contribution in [1.29, 1.82) is 0 Å². The van der Waals surface area contributed by atoms with Gasteiger partial charge in [0.25, 0.3) is 0 Å². The van der Waals surface area contributed by atoms with Gasteiger partial charge >= 0.3 is 0 Å². The lowest BCUT2D eigenvalue weighted by Gasteiger charge is -2.33. The van der Waals surface area contributed by atoms with Gasteiger partial charge < -0.3 is 16.0 Å². The second-order valence-electron chi connectivity index (χ2n) is 6.84. The van der Waals surface area contributed by atoms with Crippen molar-refractivity contribution in [2.24, 2.45) is 17.6 Å². The zero-order valence-electron chi connectivity index (χ0n) is 15.4. The average molecular weight is 399 g/mol. The van der Waals surface area contributed by atoms with Gasteiger partial charge in [-0.05, 0) is 37.1 Å². The topological polar surface area (TPSA) is 110 Å². The Morgan fingerprint density at radius 2 is 2.00 bits per heavy atom. The van der Waals surface area contributed by atoms with Crippen molar-refractivity contribution in [3.8, 4) is 0 Å². The minimum atomic E-state index is -3.71. The first kappa shape index (κ1) is 21.3.